The zero-order chi connectivity index (χ0) is 13.2. The van der Waals surface area contributed by atoms with E-state index in [1.807, 2.05) is 38.1 Å². The van der Waals surface area contributed by atoms with Gasteiger partial charge in [-0.15, -0.1) is 0 Å². The van der Waals surface area contributed by atoms with Crippen LogP contribution in [0.15, 0.2) is 24.3 Å². The van der Waals surface area contributed by atoms with Gasteiger partial charge in [-0.1, -0.05) is 18.6 Å². The number of amides is 1. The number of hydrogen-bond donors (Lipinski definition) is 2. The molecule has 1 aromatic carbocycles. The fourth-order valence-corrected chi connectivity index (χ4v) is 2.44. The van der Waals surface area contributed by atoms with Crippen LogP contribution >= 0.6 is 0 Å². The second-order valence-electron chi connectivity index (χ2n) is 5.10. The summed E-state index contributed by atoms with van der Waals surface area (Å²) in [4.78, 5) is 11.9. The maximum atomic E-state index is 11.9. The van der Waals surface area contributed by atoms with Crippen molar-refractivity contribution in [1.82, 2.24) is 5.43 Å². The molecule has 0 bridgehead atoms. The third kappa shape index (κ3) is 2.20. The number of benzene rings is 1. The molecule has 0 saturated heterocycles. The smallest absolute Gasteiger partial charge is 0.244 e. The number of carbonyl (C=O) groups excluding carboxylic acids is 1. The zero-order valence-corrected chi connectivity index (χ0v) is 10.9. The van der Waals surface area contributed by atoms with Gasteiger partial charge in [-0.25, -0.2) is 5.84 Å². The minimum Gasteiger partial charge on any atom is -0.491 e. The van der Waals surface area contributed by atoms with E-state index < -0.39 is 5.41 Å². The fourth-order valence-electron chi connectivity index (χ4n) is 2.44. The minimum absolute atomic E-state index is 0.0914. The lowest BCUT2D eigenvalue weighted by atomic mass is 9.64. The van der Waals surface area contributed by atoms with Crippen LogP contribution in [0, 0.1) is 0 Å². The lowest BCUT2D eigenvalue weighted by Gasteiger charge is -2.40. The van der Waals surface area contributed by atoms with E-state index >= 15 is 0 Å². The van der Waals surface area contributed by atoms with Crippen molar-refractivity contribution in [2.75, 3.05) is 0 Å². The van der Waals surface area contributed by atoms with E-state index in [-0.39, 0.29) is 12.0 Å². The van der Waals surface area contributed by atoms with Crippen molar-refractivity contribution >= 4 is 5.91 Å². The van der Waals surface area contributed by atoms with E-state index in [4.69, 9.17) is 10.6 Å². The quantitative estimate of drug-likeness (QED) is 0.486. The molecule has 4 nitrogen and oxygen atoms in total. The highest BCUT2D eigenvalue weighted by atomic mass is 16.5. The first-order chi connectivity index (χ1) is 8.58. The molecule has 98 valence electrons. The normalized spacial score (nSPS) is 17.1. The van der Waals surface area contributed by atoms with Crippen LogP contribution < -0.4 is 16.0 Å². The Hall–Kier alpha value is -1.55. The summed E-state index contributed by atoms with van der Waals surface area (Å²) in [7, 11) is 0. The van der Waals surface area contributed by atoms with Crippen LogP contribution in [0.3, 0.4) is 0 Å². The van der Waals surface area contributed by atoms with Gasteiger partial charge in [-0.05, 0) is 44.4 Å². The predicted molar refractivity (Wildman–Crippen MR) is 70.1 cm³/mol. The number of hydrogen-bond acceptors (Lipinski definition) is 3. The number of ether oxygens (including phenoxy) is 1. The maximum absolute atomic E-state index is 11.9. The van der Waals surface area contributed by atoms with Gasteiger partial charge in [-0.2, -0.15) is 0 Å². The van der Waals surface area contributed by atoms with E-state index in [2.05, 4.69) is 5.43 Å². The van der Waals surface area contributed by atoms with Crippen LogP contribution in [0.4, 0.5) is 0 Å². The van der Waals surface area contributed by atoms with Gasteiger partial charge in [0.05, 0.1) is 11.5 Å². The first-order valence-electron chi connectivity index (χ1n) is 6.37. The summed E-state index contributed by atoms with van der Waals surface area (Å²) >= 11 is 0. The van der Waals surface area contributed by atoms with Crippen LogP contribution in [0.5, 0.6) is 5.75 Å². The van der Waals surface area contributed by atoms with Crippen molar-refractivity contribution in [2.24, 2.45) is 5.84 Å². The molecule has 0 aliphatic heterocycles. The first kappa shape index (κ1) is 12.9. The van der Waals surface area contributed by atoms with Crippen LogP contribution in [0.25, 0.3) is 0 Å². The number of carbonyl (C=O) groups is 1. The third-order valence-electron chi connectivity index (χ3n) is 3.55. The van der Waals surface area contributed by atoms with Crippen LogP contribution in [0.1, 0.15) is 38.7 Å². The molecule has 1 saturated carbocycles. The summed E-state index contributed by atoms with van der Waals surface area (Å²) in [6.45, 7) is 3.98. The molecule has 18 heavy (non-hydrogen) atoms. The summed E-state index contributed by atoms with van der Waals surface area (Å²) < 4.78 is 5.60. The Morgan fingerprint density at radius 3 is 2.33 bits per heavy atom. The van der Waals surface area contributed by atoms with Crippen molar-refractivity contribution in [2.45, 2.75) is 44.6 Å². The van der Waals surface area contributed by atoms with Crippen LogP contribution in [0.2, 0.25) is 0 Å². The molecule has 1 aliphatic rings. The van der Waals surface area contributed by atoms with E-state index in [1.54, 1.807) is 0 Å². The molecule has 4 heteroatoms. The minimum atomic E-state index is -0.425. The van der Waals surface area contributed by atoms with Crippen molar-refractivity contribution in [1.29, 1.82) is 0 Å². The summed E-state index contributed by atoms with van der Waals surface area (Å²) in [5.41, 5.74) is 2.88. The Balaban J connectivity index is 2.20. The number of nitrogens with two attached hydrogens (primary N) is 1. The average molecular weight is 248 g/mol. The molecular formula is C14H20N2O2. The van der Waals surface area contributed by atoms with E-state index in [9.17, 15) is 4.79 Å². The molecule has 2 rings (SSSR count). The van der Waals surface area contributed by atoms with Gasteiger partial charge < -0.3 is 4.74 Å². The number of hydrazine groups is 1. The van der Waals surface area contributed by atoms with E-state index in [1.165, 1.54) is 0 Å². The average Bonchev–Trinajstić information content (AvgIpc) is 2.29. The molecule has 0 heterocycles. The van der Waals surface area contributed by atoms with Gasteiger partial charge in [0, 0.05) is 0 Å². The van der Waals surface area contributed by atoms with Crippen molar-refractivity contribution < 1.29 is 9.53 Å². The first-order valence-corrected chi connectivity index (χ1v) is 6.37. The molecule has 1 aliphatic carbocycles. The highest BCUT2D eigenvalue weighted by molar-refractivity contribution is 5.88. The number of rotatable bonds is 4. The largest absolute Gasteiger partial charge is 0.491 e. The molecule has 1 fully saturated rings. The predicted octanol–water partition coefficient (Wildman–Crippen LogP) is 1.89. The molecule has 0 unspecified atom stereocenters. The Kier molecular flexibility index (Phi) is 3.57. The standard InChI is InChI=1S/C14H20N2O2/c1-10(2)18-12-6-4-11(5-7-12)14(8-3-9-14)13(17)16-15/h4-7,10H,3,8-9,15H2,1-2H3,(H,16,17). The van der Waals surface area contributed by atoms with Gasteiger partial charge in [0.15, 0.2) is 0 Å². The molecule has 0 atom stereocenters. The van der Waals surface area contributed by atoms with E-state index in [0.717, 1.165) is 30.6 Å². The maximum Gasteiger partial charge on any atom is 0.244 e. The molecule has 1 aromatic rings. The lowest BCUT2D eigenvalue weighted by Crippen LogP contribution is -2.51. The SMILES string of the molecule is CC(C)Oc1ccc(C2(C(=O)NN)CCC2)cc1. The second kappa shape index (κ2) is 4.98. The molecule has 3 N–H and O–H groups in total. The number of nitrogens with one attached hydrogen (secondary N) is 1. The Labute approximate surface area is 107 Å². The van der Waals surface area contributed by atoms with E-state index in [0.29, 0.717) is 0 Å². The third-order valence-corrected chi connectivity index (χ3v) is 3.55. The van der Waals surface area contributed by atoms with Gasteiger partial charge in [0.2, 0.25) is 5.91 Å². The second-order valence-corrected chi connectivity index (χ2v) is 5.10. The Bertz CT molecular complexity index is 422. The van der Waals surface area contributed by atoms with Gasteiger partial charge in [0.25, 0.3) is 0 Å². The summed E-state index contributed by atoms with van der Waals surface area (Å²) in [5.74, 6) is 6.02. The summed E-state index contributed by atoms with van der Waals surface area (Å²) in [5, 5.41) is 0. The lowest BCUT2D eigenvalue weighted by molar-refractivity contribution is -0.130. The van der Waals surface area contributed by atoms with Gasteiger partial charge in [-0.3, -0.25) is 10.2 Å². The zero-order valence-electron chi connectivity index (χ0n) is 10.9. The molecule has 0 spiro atoms. The van der Waals surface area contributed by atoms with Crippen molar-refractivity contribution in [3.63, 3.8) is 0 Å². The fraction of sp³-hybridized carbons (Fsp3) is 0.500. The Morgan fingerprint density at radius 1 is 1.33 bits per heavy atom. The molecular weight excluding hydrogens is 228 g/mol. The molecule has 0 radical (unpaired) electrons. The molecule has 0 aromatic heterocycles. The topological polar surface area (TPSA) is 64.3 Å². The molecule has 1 amide bonds. The van der Waals surface area contributed by atoms with Gasteiger partial charge in [0.1, 0.15) is 5.75 Å². The van der Waals surface area contributed by atoms with Crippen molar-refractivity contribution in [3.8, 4) is 5.75 Å². The summed E-state index contributed by atoms with van der Waals surface area (Å²) in [6, 6.07) is 7.76. The van der Waals surface area contributed by atoms with Gasteiger partial charge >= 0.3 is 0 Å². The van der Waals surface area contributed by atoms with Crippen LogP contribution in [-0.4, -0.2) is 12.0 Å². The van der Waals surface area contributed by atoms with Crippen LogP contribution in [-0.2, 0) is 10.2 Å². The van der Waals surface area contributed by atoms with Crippen molar-refractivity contribution in [3.05, 3.63) is 29.8 Å². The summed E-state index contributed by atoms with van der Waals surface area (Å²) in [6.07, 6.45) is 2.94. The highest BCUT2D eigenvalue weighted by Crippen LogP contribution is 2.44. The highest BCUT2D eigenvalue weighted by Gasteiger charge is 2.45. The monoisotopic (exact) mass is 248 g/mol. The Morgan fingerprint density at radius 2 is 1.94 bits per heavy atom.